The Balaban J connectivity index is 2.06. The lowest BCUT2D eigenvalue weighted by Gasteiger charge is -2.15. The Bertz CT molecular complexity index is 603. The van der Waals surface area contributed by atoms with Crippen molar-refractivity contribution in [2.24, 2.45) is 0 Å². The van der Waals surface area contributed by atoms with E-state index in [1.807, 2.05) is 32.0 Å². The zero-order valence-corrected chi connectivity index (χ0v) is 12.6. The Morgan fingerprint density at radius 1 is 1.38 bits per heavy atom. The smallest absolute Gasteiger partial charge is 0.305 e. The van der Waals surface area contributed by atoms with Gasteiger partial charge in [0.1, 0.15) is 0 Å². The second kappa shape index (κ2) is 6.17. The van der Waals surface area contributed by atoms with Gasteiger partial charge in [-0.3, -0.25) is 19.3 Å². The van der Waals surface area contributed by atoms with Crippen molar-refractivity contribution >= 4 is 34.6 Å². The Hall–Kier alpha value is -2.02. The molecule has 1 aromatic carbocycles. The van der Waals surface area contributed by atoms with Gasteiger partial charge in [-0.25, -0.2) is 0 Å². The summed E-state index contributed by atoms with van der Waals surface area (Å²) in [5.74, 6) is -1.43. The fourth-order valence-electron chi connectivity index (χ4n) is 2.06. The van der Waals surface area contributed by atoms with Crippen molar-refractivity contribution in [3.63, 3.8) is 0 Å². The normalized spacial score (nSPS) is 18.2. The van der Waals surface area contributed by atoms with Crippen LogP contribution in [-0.2, 0) is 9.59 Å². The van der Waals surface area contributed by atoms with Gasteiger partial charge < -0.3 is 10.4 Å². The molecule has 0 aliphatic carbocycles. The number of hydrogen-bond donors (Lipinski definition) is 2. The summed E-state index contributed by atoms with van der Waals surface area (Å²) in [6.07, 6.45) is -0.242. The molecule has 1 aliphatic rings. The van der Waals surface area contributed by atoms with Crippen molar-refractivity contribution in [3.05, 3.63) is 29.3 Å². The number of thioether (sulfide) groups is 1. The van der Waals surface area contributed by atoms with Crippen LogP contribution < -0.4 is 5.32 Å². The Labute approximate surface area is 126 Å². The molecular formula is C14H16N2O4S. The average molecular weight is 308 g/mol. The van der Waals surface area contributed by atoms with E-state index in [4.69, 9.17) is 5.11 Å². The molecule has 0 radical (unpaired) electrons. The molecule has 1 heterocycles. The van der Waals surface area contributed by atoms with Gasteiger partial charge in [-0.05, 0) is 37.2 Å². The minimum absolute atomic E-state index is 0.0922. The number of aliphatic carboxylic acids is 1. The number of benzene rings is 1. The Kier molecular flexibility index (Phi) is 4.52. The summed E-state index contributed by atoms with van der Waals surface area (Å²) < 4.78 is 0. The number of aryl methyl sites for hydroxylation is 2. The van der Waals surface area contributed by atoms with Gasteiger partial charge in [0.05, 0.1) is 6.42 Å². The van der Waals surface area contributed by atoms with E-state index < -0.39 is 22.5 Å². The number of rotatable bonds is 5. The summed E-state index contributed by atoms with van der Waals surface area (Å²) in [4.78, 5) is 35.4. The molecule has 6 nitrogen and oxygen atoms in total. The van der Waals surface area contributed by atoms with Gasteiger partial charge in [-0.15, -0.1) is 0 Å². The predicted octanol–water partition coefficient (Wildman–Crippen LogP) is 2.21. The SMILES string of the molecule is Cc1ccc(N[C@H]2SC(=O)N(CCC(=O)O)C2=O)c(C)c1. The lowest BCUT2D eigenvalue weighted by atomic mass is 10.1. The number of nitrogens with one attached hydrogen (secondary N) is 1. The van der Waals surface area contributed by atoms with Crippen molar-refractivity contribution < 1.29 is 19.5 Å². The molecule has 1 aliphatic heterocycles. The number of amides is 2. The molecule has 112 valence electrons. The summed E-state index contributed by atoms with van der Waals surface area (Å²) in [7, 11) is 0. The molecule has 2 rings (SSSR count). The number of carbonyl (C=O) groups excluding carboxylic acids is 2. The lowest BCUT2D eigenvalue weighted by molar-refractivity contribution is -0.137. The first-order valence-corrected chi connectivity index (χ1v) is 7.34. The van der Waals surface area contributed by atoms with Crippen LogP contribution >= 0.6 is 11.8 Å². The van der Waals surface area contributed by atoms with Crippen LogP contribution in [0.4, 0.5) is 10.5 Å². The molecule has 0 aromatic heterocycles. The van der Waals surface area contributed by atoms with E-state index in [9.17, 15) is 14.4 Å². The number of imide groups is 1. The Morgan fingerprint density at radius 2 is 2.10 bits per heavy atom. The van der Waals surface area contributed by atoms with E-state index in [-0.39, 0.29) is 13.0 Å². The van der Waals surface area contributed by atoms with E-state index in [1.54, 1.807) is 0 Å². The van der Waals surface area contributed by atoms with Crippen molar-refractivity contribution in [3.8, 4) is 0 Å². The summed E-state index contributed by atoms with van der Waals surface area (Å²) in [5, 5.41) is 10.6. The number of nitrogens with zero attached hydrogens (tertiary/aromatic N) is 1. The van der Waals surface area contributed by atoms with E-state index in [1.165, 1.54) is 0 Å². The highest BCUT2D eigenvalue weighted by atomic mass is 32.2. The van der Waals surface area contributed by atoms with Gasteiger partial charge in [0, 0.05) is 12.2 Å². The first-order chi connectivity index (χ1) is 9.88. The van der Waals surface area contributed by atoms with Crippen LogP contribution in [0, 0.1) is 13.8 Å². The molecule has 21 heavy (non-hydrogen) atoms. The van der Waals surface area contributed by atoms with Gasteiger partial charge in [-0.1, -0.05) is 17.7 Å². The number of carboxylic acid groups (broad SMARTS) is 1. The summed E-state index contributed by atoms with van der Waals surface area (Å²) in [6.45, 7) is 3.80. The molecule has 1 saturated heterocycles. The maximum Gasteiger partial charge on any atom is 0.305 e. The molecule has 0 saturated carbocycles. The molecule has 7 heteroatoms. The van der Waals surface area contributed by atoms with Crippen molar-refractivity contribution in [1.82, 2.24) is 4.90 Å². The first kappa shape index (κ1) is 15.4. The monoisotopic (exact) mass is 308 g/mol. The topological polar surface area (TPSA) is 86.7 Å². The van der Waals surface area contributed by atoms with Gasteiger partial charge in [-0.2, -0.15) is 0 Å². The highest BCUT2D eigenvalue weighted by Crippen LogP contribution is 2.29. The van der Waals surface area contributed by atoms with Gasteiger partial charge in [0.2, 0.25) is 0 Å². The maximum atomic E-state index is 12.1. The summed E-state index contributed by atoms with van der Waals surface area (Å²) in [5.41, 5.74) is 2.89. The molecule has 2 N–H and O–H groups in total. The summed E-state index contributed by atoms with van der Waals surface area (Å²) in [6, 6.07) is 5.77. The van der Waals surface area contributed by atoms with E-state index >= 15 is 0 Å². The van der Waals surface area contributed by atoms with Crippen LogP contribution in [-0.4, -0.2) is 39.0 Å². The maximum absolute atomic E-state index is 12.1. The number of carboxylic acids is 1. The molecule has 2 amide bonds. The standard InChI is InChI=1S/C14H16N2O4S/c1-8-3-4-10(9(2)7-8)15-12-13(19)16(14(20)21-12)6-5-11(17)18/h3-4,7,12,15H,5-6H2,1-2H3,(H,17,18)/t12-/m0/s1. The van der Waals surface area contributed by atoms with Crippen molar-refractivity contribution in [1.29, 1.82) is 0 Å². The second-order valence-electron chi connectivity index (χ2n) is 4.86. The van der Waals surface area contributed by atoms with Crippen LogP contribution in [0.2, 0.25) is 0 Å². The molecular weight excluding hydrogens is 292 g/mol. The molecule has 1 aromatic rings. The van der Waals surface area contributed by atoms with Crippen LogP contribution in [0.15, 0.2) is 18.2 Å². The van der Waals surface area contributed by atoms with E-state index in [0.29, 0.717) is 0 Å². The van der Waals surface area contributed by atoms with E-state index in [0.717, 1.165) is 33.5 Å². The third-order valence-corrected chi connectivity index (χ3v) is 4.12. The van der Waals surface area contributed by atoms with Gasteiger partial charge in [0.15, 0.2) is 5.37 Å². The molecule has 1 fully saturated rings. The predicted molar refractivity (Wildman–Crippen MR) is 80.3 cm³/mol. The molecule has 0 unspecified atom stereocenters. The fourth-order valence-corrected chi connectivity index (χ4v) is 2.99. The third kappa shape index (κ3) is 3.55. The zero-order chi connectivity index (χ0) is 15.6. The summed E-state index contributed by atoms with van der Waals surface area (Å²) >= 11 is 0.875. The molecule has 0 bridgehead atoms. The lowest BCUT2D eigenvalue weighted by Crippen LogP contribution is -2.35. The second-order valence-corrected chi connectivity index (χ2v) is 5.92. The zero-order valence-electron chi connectivity index (χ0n) is 11.8. The largest absolute Gasteiger partial charge is 0.481 e. The van der Waals surface area contributed by atoms with Crippen LogP contribution in [0.5, 0.6) is 0 Å². The highest BCUT2D eigenvalue weighted by molar-refractivity contribution is 8.15. The minimum Gasteiger partial charge on any atom is -0.481 e. The fraction of sp³-hybridized carbons (Fsp3) is 0.357. The number of anilines is 1. The van der Waals surface area contributed by atoms with Crippen LogP contribution in [0.3, 0.4) is 0 Å². The number of carbonyl (C=O) groups is 3. The molecule has 1 atom stereocenters. The minimum atomic E-state index is -1.04. The van der Waals surface area contributed by atoms with Crippen molar-refractivity contribution in [2.75, 3.05) is 11.9 Å². The van der Waals surface area contributed by atoms with Gasteiger partial charge in [0.25, 0.3) is 11.1 Å². The quantitative estimate of drug-likeness (QED) is 0.867. The third-order valence-electron chi connectivity index (χ3n) is 3.15. The Morgan fingerprint density at radius 3 is 2.71 bits per heavy atom. The average Bonchev–Trinajstić information content (AvgIpc) is 2.65. The highest BCUT2D eigenvalue weighted by Gasteiger charge is 2.39. The van der Waals surface area contributed by atoms with Crippen LogP contribution in [0.1, 0.15) is 17.5 Å². The van der Waals surface area contributed by atoms with Crippen molar-refractivity contribution in [2.45, 2.75) is 25.6 Å². The van der Waals surface area contributed by atoms with E-state index in [2.05, 4.69) is 5.32 Å². The molecule has 0 spiro atoms. The van der Waals surface area contributed by atoms with Crippen LogP contribution in [0.25, 0.3) is 0 Å². The van der Waals surface area contributed by atoms with Gasteiger partial charge >= 0.3 is 5.97 Å². The first-order valence-electron chi connectivity index (χ1n) is 6.46. The number of hydrogen-bond acceptors (Lipinski definition) is 5.